The van der Waals surface area contributed by atoms with Gasteiger partial charge in [-0.2, -0.15) is 0 Å². The van der Waals surface area contributed by atoms with E-state index in [1.807, 2.05) is 11.9 Å². The summed E-state index contributed by atoms with van der Waals surface area (Å²) in [5.41, 5.74) is 0.102. The third kappa shape index (κ3) is 7.83. The largest absolute Gasteiger partial charge is 0.489 e. The van der Waals surface area contributed by atoms with Gasteiger partial charge >= 0.3 is 0 Å². The van der Waals surface area contributed by atoms with E-state index < -0.39 is 0 Å². The Hall–Kier alpha value is -1.82. The van der Waals surface area contributed by atoms with Crippen LogP contribution in [0.25, 0.3) is 0 Å². The Balaban J connectivity index is 2.31. The smallest absolute Gasteiger partial charge is 0.193 e. The molecule has 0 spiro atoms. The van der Waals surface area contributed by atoms with Crippen LogP contribution in [-0.4, -0.2) is 56.7 Å². The number of nitrogens with one attached hydrogen (secondary N) is 2. The molecule has 0 heterocycles. The van der Waals surface area contributed by atoms with E-state index >= 15 is 0 Å². The highest BCUT2D eigenvalue weighted by molar-refractivity contribution is 5.79. The summed E-state index contributed by atoms with van der Waals surface area (Å²) in [7, 11) is 3.67. The van der Waals surface area contributed by atoms with Crippen molar-refractivity contribution >= 4 is 5.96 Å². The van der Waals surface area contributed by atoms with Crippen LogP contribution in [0.3, 0.4) is 0 Å². The molecule has 0 saturated heterocycles. The lowest BCUT2D eigenvalue weighted by Crippen LogP contribution is -2.45. The molecule has 0 aliphatic heterocycles. The second-order valence-electron chi connectivity index (χ2n) is 6.35. The van der Waals surface area contributed by atoms with Crippen molar-refractivity contribution in [1.29, 1.82) is 0 Å². The minimum absolute atomic E-state index is 0.102. The van der Waals surface area contributed by atoms with Gasteiger partial charge in [-0.1, -0.05) is 12.1 Å². The summed E-state index contributed by atoms with van der Waals surface area (Å²) in [6.45, 7) is 9.03. The summed E-state index contributed by atoms with van der Waals surface area (Å²) >= 11 is 0. The Morgan fingerprint density at radius 3 is 2.57 bits per heavy atom. The number of para-hydroxylation sites is 1. The number of ether oxygens (including phenoxy) is 1. The summed E-state index contributed by atoms with van der Waals surface area (Å²) < 4.78 is 18.9. The summed E-state index contributed by atoms with van der Waals surface area (Å²) in [6.07, 6.45) is 0. The van der Waals surface area contributed by atoms with Crippen molar-refractivity contribution in [3.8, 4) is 5.75 Å². The lowest BCUT2D eigenvalue weighted by Gasteiger charge is -2.24. The van der Waals surface area contributed by atoms with Crippen LogP contribution in [0, 0.1) is 5.82 Å². The Kier molecular flexibility index (Phi) is 7.81. The second kappa shape index (κ2) is 9.35. The molecule has 1 aromatic rings. The van der Waals surface area contributed by atoms with Crippen LogP contribution >= 0.6 is 0 Å². The topological polar surface area (TPSA) is 48.9 Å². The standard InChI is InChI=1S/C17H29FN4O/c1-17(2,3)21-11-10-20-16(19-4)22(5)12-13-23-15-9-7-6-8-14(15)18/h6-9,21H,10-13H2,1-5H3,(H,19,20). The molecule has 0 atom stereocenters. The molecule has 6 heteroatoms. The van der Waals surface area contributed by atoms with Crippen LogP contribution in [0.5, 0.6) is 5.75 Å². The van der Waals surface area contributed by atoms with E-state index in [1.54, 1.807) is 25.2 Å². The van der Waals surface area contributed by atoms with E-state index in [0.717, 1.165) is 19.0 Å². The average Bonchev–Trinajstić information content (AvgIpc) is 2.48. The van der Waals surface area contributed by atoms with Crippen molar-refractivity contribution in [2.45, 2.75) is 26.3 Å². The zero-order valence-corrected chi connectivity index (χ0v) is 14.8. The molecule has 0 bridgehead atoms. The van der Waals surface area contributed by atoms with Crippen molar-refractivity contribution in [2.75, 3.05) is 40.3 Å². The van der Waals surface area contributed by atoms with Crippen LogP contribution in [0.1, 0.15) is 20.8 Å². The van der Waals surface area contributed by atoms with Crippen LogP contribution in [-0.2, 0) is 0 Å². The lowest BCUT2D eigenvalue weighted by atomic mass is 10.1. The summed E-state index contributed by atoms with van der Waals surface area (Å²) in [5, 5.41) is 6.69. The molecule has 5 nitrogen and oxygen atoms in total. The number of rotatable bonds is 7. The van der Waals surface area contributed by atoms with Gasteiger partial charge in [-0.15, -0.1) is 0 Å². The first-order chi connectivity index (χ1) is 10.8. The minimum atomic E-state index is -0.342. The third-order valence-corrected chi connectivity index (χ3v) is 3.16. The van der Waals surface area contributed by atoms with Crippen LogP contribution in [0.2, 0.25) is 0 Å². The van der Waals surface area contributed by atoms with Crippen molar-refractivity contribution in [1.82, 2.24) is 15.5 Å². The second-order valence-corrected chi connectivity index (χ2v) is 6.35. The van der Waals surface area contributed by atoms with E-state index in [-0.39, 0.29) is 17.1 Å². The number of nitrogens with zero attached hydrogens (tertiary/aromatic N) is 2. The van der Waals surface area contributed by atoms with Gasteiger partial charge in [0.15, 0.2) is 17.5 Å². The molecule has 0 aliphatic rings. The van der Waals surface area contributed by atoms with Gasteiger partial charge in [0.2, 0.25) is 0 Å². The Morgan fingerprint density at radius 1 is 1.26 bits per heavy atom. The minimum Gasteiger partial charge on any atom is -0.489 e. The number of halogens is 1. The fraction of sp³-hybridized carbons (Fsp3) is 0.588. The number of guanidine groups is 1. The molecular weight excluding hydrogens is 295 g/mol. The molecule has 0 unspecified atom stereocenters. The number of hydrogen-bond acceptors (Lipinski definition) is 3. The molecule has 0 amide bonds. The first-order valence-electron chi connectivity index (χ1n) is 7.87. The van der Waals surface area contributed by atoms with Crippen LogP contribution in [0.4, 0.5) is 4.39 Å². The van der Waals surface area contributed by atoms with Crippen molar-refractivity contribution in [2.24, 2.45) is 4.99 Å². The maximum Gasteiger partial charge on any atom is 0.193 e. The van der Waals surface area contributed by atoms with Gasteiger partial charge in [0.1, 0.15) is 6.61 Å². The highest BCUT2D eigenvalue weighted by atomic mass is 19.1. The fourth-order valence-corrected chi connectivity index (χ4v) is 1.96. The molecule has 0 aliphatic carbocycles. The van der Waals surface area contributed by atoms with Crippen LogP contribution in [0.15, 0.2) is 29.3 Å². The van der Waals surface area contributed by atoms with Gasteiger partial charge in [-0.05, 0) is 32.9 Å². The highest BCUT2D eigenvalue weighted by Crippen LogP contribution is 2.14. The molecular formula is C17H29FN4O. The van der Waals surface area contributed by atoms with Crippen molar-refractivity contribution in [3.63, 3.8) is 0 Å². The maximum atomic E-state index is 13.5. The van der Waals surface area contributed by atoms with Gasteiger partial charge in [0.25, 0.3) is 0 Å². The van der Waals surface area contributed by atoms with Crippen LogP contribution < -0.4 is 15.4 Å². The molecule has 23 heavy (non-hydrogen) atoms. The molecule has 0 saturated carbocycles. The Labute approximate surface area is 138 Å². The summed E-state index contributed by atoms with van der Waals surface area (Å²) in [4.78, 5) is 6.20. The molecule has 0 fully saturated rings. The average molecular weight is 324 g/mol. The van der Waals surface area contributed by atoms with E-state index in [2.05, 4.69) is 36.4 Å². The first kappa shape index (κ1) is 19.2. The normalized spacial score (nSPS) is 12.2. The monoisotopic (exact) mass is 324 g/mol. The van der Waals surface area contributed by atoms with Gasteiger partial charge in [0, 0.05) is 32.7 Å². The van der Waals surface area contributed by atoms with Gasteiger partial charge in [0.05, 0.1) is 6.54 Å². The predicted octanol–water partition coefficient (Wildman–Crippen LogP) is 2.10. The van der Waals surface area contributed by atoms with Gasteiger partial charge in [-0.25, -0.2) is 4.39 Å². The number of hydrogen-bond donors (Lipinski definition) is 2. The van der Waals surface area contributed by atoms with Crippen molar-refractivity contribution in [3.05, 3.63) is 30.1 Å². The quantitative estimate of drug-likeness (QED) is 0.458. The molecule has 1 aromatic carbocycles. The van der Waals surface area contributed by atoms with Gasteiger partial charge in [-0.3, -0.25) is 4.99 Å². The zero-order valence-electron chi connectivity index (χ0n) is 14.8. The summed E-state index contributed by atoms with van der Waals surface area (Å²) in [6, 6.07) is 6.42. The van der Waals surface area contributed by atoms with E-state index in [1.165, 1.54) is 6.07 Å². The van der Waals surface area contributed by atoms with Crippen molar-refractivity contribution < 1.29 is 9.13 Å². The third-order valence-electron chi connectivity index (χ3n) is 3.16. The zero-order chi connectivity index (χ0) is 17.3. The Bertz CT molecular complexity index is 500. The molecule has 0 radical (unpaired) electrons. The number of likely N-dealkylation sites (N-methyl/N-ethyl adjacent to an activating group) is 1. The SMILES string of the molecule is CN=C(NCCNC(C)(C)C)N(C)CCOc1ccccc1F. The highest BCUT2D eigenvalue weighted by Gasteiger charge is 2.09. The van der Waals surface area contributed by atoms with E-state index in [4.69, 9.17) is 4.74 Å². The molecule has 1 rings (SSSR count). The van der Waals surface area contributed by atoms with E-state index in [9.17, 15) is 4.39 Å². The summed E-state index contributed by atoms with van der Waals surface area (Å²) in [5.74, 6) is 0.724. The van der Waals surface area contributed by atoms with E-state index in [0.29, 0.717) is 13.2 Å². The van der Waals surface area contributed by atoms with Gasteiger partial charge < -0.3 is 20.3 Å². The maximum absolute atomic E-state index is 13.5. The molecule has 130 valence electrons. The fourth-order valence-electron chi connectivity index (χ4n) is 1.96. The lowest BCUT2D eigenvalue weighted by molar-refractivity contribution is 0.270. The predicted molar refractivity (Wildman–Crippen MR) is 93.6 cm³/mol. The first-order valence-corrected chi connectivity index (χ1v) is 7.87. The Morgan fingerprint density at radius 2 is 1.96 bits per heavy atom. The number of aliphatic imine (C=N–C) groups is 1. The molecule has 0 aromatic heterocycles. The number of benzene rings is 1. The molecule has 2 N–H and O–H groups in total.